The number of carbonyl (C=O) groups is 2. The molecule has 0 aromatic heterocycles. The van der Waals surface area contributed by atoms with E-state index in [2.05, 4.69) is 10.6 Å². The molecule has 6 nitrogen and oxygen atoms in total. The van der Waals surface area contributed by atoms with Crippen LogP contribution in [0.5, 0.6) is 0 Å². The molecule has 2 aromatic rings. The maximum atomic E-state index is 14.5. The van der Waals surface area contributed by atoms with Gasteiger partial charge in [0.1, 0.15) is 17.7 Å². The number of halogens is 2. The number of anilines is 1. The second kappa shape index (κ2) is 10.6. The van der Waals surface area contributed by atoms with Crippen LogP contribution in [0, 0.1) is 11.6 Å². The van der Waals surface area contributed by atoms with Crippen LogP contribution in [0.2, 0.25) is 19.6 Å². The molecule has 0 aliphatic rings. The number of hydrogen-bond acceptors (Lipinski definition) is 4. The van der Waals surface area contributed by atoms with E-state index >= 15 is 0 Å². The van der Waals surface area contributed by atoms with Gasteiger partial charge in [-0.15, -0.1) is 0 Å². The lowest BCUT2D eigenvalue weighted by atomic mass is 10.0. The molecule has 168 valence electrons. The molecule has 0 saturated heterocycles. The van der Waals surface area contributed by atoms with Crippen LogP contribution in [0.4, 0.5) is 14.5 Å². The minimum Gasteiger partial charge on any atom is -0.396 e. The highest BCUT2D eigenvalue weighted by molar-refractivity contribution is 6.88. The second-order valence-corrected chi connectivity index (χ2v) is 13.2. The normalized spacial score (nSPS) is 12.4. The molecule has 2 rings (SSSR count). The lowest BCUT2D eigenvalue weighted by Gasteiger charge is -2.21. The van der Waals surface area contributed by atoms with E-state index in [1.54, 1.807) is 31.4 Å². The van der Waals surface area contributed by atoms with Gasteiger partial charge in [-0.25, -0.2) is 8.78 Å². The maximum Gasteiger partial charge on any atom is 0.251 e. The Labute approximate surface area is 181 Å². The molecule has 1 unspecified atom stereocenters. The SMILES string of the molecule is COCc1ccc(C(NC(=O)CCO)C(=O)Nc2cc(F)c([Si](C)(C)C)c(F)c2)cc1. The van der Waals surface area contributed by atoms with Crippen molar-refractivity contribution in [3.05, 3.63) is 59.2 Å². The fourth-order valence-electron chi connectivity index (χ4n) is 3.18. The van der Waals surface area contributed by atoms with Crippen molar-refractivity contribution in [2.75, 3.05) is 19.0 Å². The average molecular weight is 451 g/mol. The highest BCUT2D eigenvalue weighted by Crippen LogP contribution is 2.20. The molecule has 9 heteroatoms. The van der Waals surface area contributed by atoms with E-state index in [-0.39, 0.29) is 23.9 Å². The number of benzene rings is 2. The lowest BCUT2D eigenvalue weighted by Crippen LogP contribution is -2.42. The number of amides is 2. The van der Waals surface area contributed by atoms with Crippen molar-refractivity contribution < 1.29 is 28.2 Å². The van der Waals surface area contributed by atoms with Crippen molar-refractivity contribution in [2.45, 2.75) is 38.7 Å². The van der Waals surface area contributed by atoms with Gasteiger partial charge >= 0.3 is 0 Å². The Morgan fingerprint density at radius 3 is 2.16 bits per heavy atom. The predicted molar refractivity (Wildman–Crippen MR) is 118 cm³/mol. The van der Waals surface area contributed by atoms with Gasteiger partial charge in [-0.1, -0.05) is 43.9 Å². The number of hydrogen-bond donors (Lipinski definition) is 3. The fourth-order valence-corrected chi connectivity index (χ4v) is 4.76. The molecule has 0 saturated carbocycles. The zero-order chi connectivity index (χ0) is 23.2. The summed E-state index contributed by atoms with van der Waals surface area (Å²) in [5, 5.41) is 14.1. The zero-order valence-electron chi connectivity index (χ0n) is 18.1. The first-order chi connectivity index (χ1) is 14.6. The molecule has 1 atom stereocenters. The van der Waals surface area contributed by atoms with Gasteiger partial charge in [-0.05, 0) is 23.3 Å². The van der Waals surface area contributed by atoms with Crippen molar-refractivity contribution in [2.24, 2.45) is 0 Å². The highest BCUT2D eigenvalue weighted by atomic mass is 28.3. The lowest BCUT2D eigenvalue weighted by molar-refractivity contribution is -0.127. The Kier molecular flexibility index (Phi) is 8.43. The van der Waals surface area contributed by atoms with Gasteiger partial charge in [0.05, 0.1) is 21.3 Å². The summed E-state index contributed by atoms with van der Waals surface area (Å²) in [6.07, 6.45) is -0.181. The quantitative estimate of drug-likeness (QED) is 0.513. The molecular weight excluding hydrogens is 422 g/mol. The minimum absolute atomic E-state index is 0.0422. The Hall–Kier alpha value is -2.62. The number of methoxy groups -OCH3 is 1. The molecule has 0 heterocycles. The predicted octanol–water partition coefficient (Wildman–Crippen LogP) is 2.83. The number of nitrogens with one attached hydrogen (secondary N) is 2. The summed E-state index contributed by atoms with van der Waals surface area (Å²) in [5.41, 5.74) is 1.31. The third-order valence-electron chi connectivity index (χ3n) is 4.59. The Balaban J connectivity index is 2.31. The van der Waals surface area contributed by atoms with Crippen molar-refractivity contribution >= 4 is 30.8 Å². The standard InChI is InChI=1S/C22H28F2N2O4Si/c1-30-13-14-5-7-15(8-6-14)20(26-19(28)9-10-27)22(29)25-16-11-17(23)21(18(24)12-16)31(2,3)4/h5-8,11-12,20,27H,9-10,13H2,1-4H3,(H,25,29)(H,26,28). The minimum atomic E-state index is -2.26. The van der Waals surface area contributed by atoms with Crippen LogP contribution >= 0.6 is 0 Å². The molecular formula is C22H28F2N2O4Si. The number of rotatable bonds is 9. The van der Waals surface area contributed by atoms with E-state index in [0.29, 0.717) is 12.2 Å². The molecule has 0 aliphatic heterocycles. The summed E-state index contributed by atoms with van der Waals surface area (Å²) in [7, 11) is -0.696. The molecule has 0 aliphatic carbocycles. The van der Waals surface area contributed by atoms with Gasteiger partial charge in [0, 0.05) is 24.4 Å². The van der Waals surface area contributed by atoms with Crippen LogP contribution in [0.15, 0.2) is 36.4 Å². The van der Waals surface area contributed by atoms with Crippen molar-refractivity contribution in [1.82, 2.24) is 5.32 Å². The Morgan fingerprint density at radius 1 is 1.10 bits per heavy atom. The van der Waals surface area contributed by atoms with Crippen LogP contribution in [0.3, 0.4) is 0 Å². The third kappa shape index (κ3) is 6.68. The molecule has 2 amide bonds. The zero-order valence-corrected chi connectivity index (χ0v) is 19.1. The van der Waals surface area contributed by atoms with E-state index in [1.165, 1.54) is 0 Å². The molecule has 0 bridgehead atoms. The van der Waals surface area contributed by atoms with Gasteiger partial charge in [0.15, 0.2) is 0 Å². The number of ether oxygens (including phenoxy) is 1. The van der Waals surface area contributed by atoms with E-state index < -0.39 is 37.6 Å². The summed E-state index contributed by atoms with van der Waals surface area (Å²) in [5.74, 6) is -2.61. The third-order valence-corrected chi connectivity index (χ3v) is 6.57. The van der Waals surface area contributed by atoms with Crippen LogP contribution in [-0.2, 0) is 20.9 Å². The molecule has 2 aromatic carbocycles. The van der Waals surface area contributed by atoms with Gasteiger partial charge in [-0.2, -0.15) is 0 Å². The average Bonchev–Trinajstić information content (AvgIpc) is 2.65. The van der Waals surface area contributed by atoms with Crippen LogP contribution in [0.25, 0.3) is 0 Å². The Morgan fingerprint density at radius 2 is 1.68 bits per heavy atom. The van der Waals surface area contributed by atoms with Crippen molar-refractivity contribution in [3.8, 4) is 0 Å². The molecule has 0 spiro atoms. The summed E-state index contributed by atoms with van der Waals surface area (Å²) < 4.78 is 34.1. The van der Waals surface area contributed by atoms with Crippen LogP contribution < -0.4 is 15.8 Å². The van der Waals surface area contributed by atoms with Crippen LogP contribution in [0.1, 0.15) is 23.6 Å². The first kappa shape index (κ1) is 24.6. The monoisotopic (exact) mass is 450 g/mol. The summed E-state index contributed by atoms with van der Waals surface area (Å²) >= 11 is 0. The first-order valence-corrected chi connectivity index (χ1v) is 13.3. The summed E-state index contributed by atoms with van der Waals surface area (Å²) in [4.78, 5) is 24.9. The number of aliphatic hydroxyl groups excluding tert-OH is 1. The smallest absolute Gasteiger partial charge is 0.251 e. The molecule has 0 radical (unpaired) electrons. The van der Waals surface area contributed by atoms with Crippen LogP contribution in [-0.4, -0.2) is 38.7 Å². The maximum absolute atomic E-state index is 14.5. The van der Waals surface area contributed by atoms with E-state index in [0.717, 1.165) is 17.7 Å². The van der Waals surface area contributed by atoms with Gasteiger partial charge in [-0.3, -0.25) is 9.59 Å². The van der Waals surface area contributed by atoms with Crippen molar-refractivity contribution in [3.63, 3.8) is 0 Å². The van der Waals surface area contributed by atoms with E-state index in [1.807, 2.05) is 19.6 Å². The largest absolute Gasteiger partial charge is 0.396 e. The van der Waals surface area contributed by atoms with Gasteiger partial charge in [0.2, 0.25) is 5.91 Å². The van der Waals surface area contributed by atoms with Gasteiger partial charge < -0.3 is 20.5 Å². The summed E-state index contributed by atoms with van der Waals surface area (Å²) in [6.45, 7) is 5.49. The van der Waals surface area contributed by atoms with E-state index in [4.69, 9.17) is 9.84 Å². The fraction of sp³-hybridized carbons (Fsp3) is 0.364. The number of carbonyl (C=O) groups excluding carboxylic acids is 2. The number of aliphatic hydroxyl groups is 1. The molecule has 3 N–H and O–H groups in total. The van der Waals surface area contributed by atoms with Gasteiger partial charge in [0.25, 0.3) is 5.91 Å². The van der Waals surface area contributed by atoms with Crippen molar-refractivity contribution in [1.29, 1.82) is 0 Å². The topological polar surface area (TPSA) is 87.7 Å². The Bertz CT molecular complexity index is 907. The summed E-state index contributed by atoms with van der Waals surface area (Å²) in [6, 6.07) is 7.88. The second-order valence-electron chi connectivity index (χ2n) is 8.20. The molecule has 31 heavy (non-hydrogen) atoms. The van der Waals surface area contributed by atoms with E-state index in [9.17, 15) is 18.4 Å². The first-order valence-electron chi connectivity index (χ1n) is 9.85. The highest BCUT2D eigenvalue weighted by Gasteiger charge is 2.27. The molecule has 0 fully saturated rings.